The summed E-state index contributed by atoms with van der Waals surface area (Å²) >= 11 is 5.77. The van der Waals surface area contributed by atoms with Crippen LogP contribution < -0.4 is 10.6 Å². The number of hydrogen-bond donors (Lipinski definition) is 2. The van der Waals surface area contributed by atoms with Crippen LogP contribution in [-0.2, 0) is 6.54 Å². The summed E-state index contributed by atoms with van der Waals surface area (Å²) in [6.45, 7) is 0.139. The lowest BCUT2D eigenvalue weighted by atomic mass is 10.1. The summed E-state index contributed by atoms with van der Waals surface area (Å²) < 4.78 is 31.3. The average molecular weight is 391 g/mol. The highest BCUT2D eigenvalue weighted by molar-refractivity contribution is 6.33. The first kappa shape index (κ1) is 18.6. The molecule has 0 fully saturated rings. The van der Waals surface area contributed by atoms with Crippen molar-refractivity contribution < 1.29 is 22.8 Å². The van der Waals surface area contributed by atoms with E-state index in [1.807, 2.05) is 0 Å². The summed E-state index contributed by atoms with van der Waals surface area (Å²) in [6, 6.07) is 11.4. The number of benzene rings is 2. The summed E-state index contributed by atoms with van der Waals surface area (Å²) in [5.74, 6) is -3.09. The minimum absolute atomic E-state index is 0.139. The van der Waals surface area contributed by atoms with Gasteiger partial charge >= 0.3 is 0 Å². The van der Waals surface area contributed by atoms with Gasteiger partial charge in [0.2, 0.25) is 0 Å². The Labute approximate surface area is 157 Å². The molecule has 3 aromatic rings. The standard InChI is InChI=1S/C19H13ClF2N2O3/c20-14-9-16(22)15(21)8-13(14)18(25)23-10-11-3-5-12(6-4-11)24-19(26)17-2-1-7-27-17/h1-9H,10H2,(H,23,25)(H,24,26). The van der Waals surface area contributed by atoms with Gasteiger partial charge in [-0.05, 0) is 42.0 Å². The maximum Gasteiger partial charge on any atom is 0.291 e. The number of carbonyl (C=O) groups is 2. The van der Waals surface area contributed by atoms with E-state index in [0.29, 0.717) is 5.69 Å². The summed E-state index contributed by atoms with van der Waals surface area (Å²) in [5, 5.41) is 5.06. The number of amides is 2. The Morgan fingerprint density at radius 3 is 2.37 bits per heavy atom. The third-order valence-electron chi connectivity index (χ3n) is 3.66. The van der Waals surface area contributed by atoms with Crippen LogP contribution in [0.3, 0.4) is 0 Å². The molecule has 1 aromatic heterocycles. The molecule has 0 spiro atoms. The maximum atomic E-state index is 13.3. The third-order valence-corrected chi connectivity index (χ3v) is 3.98. The van der Waals surface area contributed by atoms with Crippen LogP contribution in [0.4, 0.5) is 14.5 Å². The lowest BCUT2D eigenvalue weighted by Gasteiger charge is -2.09. The van der Waals surface area contributed by atoms with E-state index in [2.05, 4.69) is 10.6 Å². The van der Waals surface area contributed by atoms with E-state index in [1.54, 1.807) is 36.4 Å². The molecular formula is C19H13ClF2N2O3. The molecule has 0 saturated heterocycles. The molecule has 2 amide bonds. The zero-order chi connectivity index (χ0) is 19.4. The number of hydrogen-bond acceptors (Lipinski definition) is 3. The minimum Gasteiger partial charge on any atom is -0.459 e. The second-order valence-electron chi connectivity index (χ2n) is 5.56. The van der Waals surface area contributed by atoms with Gasteiger partial charge in [-0.3, -0.25) is 9.59 Å². The summed E-state index contributed by atoms with van der Waals surface area (Å²) in [6.07, 6.45) is 1.40. The number of carbonyl (C=O) groups excluding carboxylic acids is 2. The van der Waals surface area contributed by atoms with Crippen LogP contribution >= 0.6 is 11.6 Å². The van der Waals surface area contributed by atoms with Crippen molar-refractivity contribution in [1.82, 2.24) is 5.32 Å². The molecule has 2 aromatic carbocycles. The van der Waals surface area contributed by atoms with Crippen molar-refractivity contribution in [3.8, 4) is 0 Å². The number of nitrogens with one attached hydrogen (secondary N) is 2. The van der Waals surface area contributed by atoms with Crippen molar-refractivity contribution in [1.29, 1.82) is 0 Å². The molecule has 0 unspecified atom stereocenters. The van der Waals surface area contributed by atoms with E-state index < -0.39 is 17.5 Å². The second-order valence-corrected chi connectivity index (χ2v) is 5.96. The fraction of sp³-hybridized carbons (Fsp3) is 0.0526. The van der Waals surface area contributed by atoms with Gasteiger partial charge < -0.3 is 15.1 Å². The van der Waals surface area contributed by atoms with E-state index in [4.69, 9.17) is 16.0 Å². The second kappa shape index (κ2) is 8.01. The fourth-order valence-electron chi connectivity index (χ4n) is 2.28. The van der Waals surface area contributed by atoms with E-state index >= 15 is 0 Å². The van der Waals surface area contributed by atoms with Crippen LogP contribution in [-0.4, -0.2) is 11.8 Å². The molecule has 3 rings (SSSR count). The summed E-state index contributed by atoms with van der Waals surface area (Å²) in [4.78, 5) is 24.0. The lowest BCUT2D eigenvalue weighted by molar-refractivity contribution is 0.0949. The van der Waals surface area contributed by atoms with Crippen LogP contribution in [0.5, 0.6) is 0 Å². The molecule has 0 aliphatic rings. The van der Waals surface area contributed by atoms with Crippen LogP contribution in [0, 0.1) is 11.6 Å². The average Bonchev–Trinajstić information content (AvgIpc) is 3.19. The van der Waals surface area contributed by atoms with Crippen LogP contribution in [0.1, 0.15) is 26.5 Å². The zero-order valence-corrected chi connectivity index (χ0v) is 14.5. The van der Waals surface area contributed by atoms with Crippen molar-refractivity contribution in [2.45, 2.75) is 6.54 Å². The Kier molecular flexibility index (Phi) is 5.52. The molecule has 27 heavy (non-hydrogen) atoms. The van der Waals surface area contributed by atoms with Crippen molar-refractivity contribution in [2.75, 3.05) is 5.32 Å². The van der Waals surface area contributed by atoms with Gasteiger partial charge in [-0.15, -0.1) is 0 Å². The highest BCUT2D eigenvalue weighted by Gasteiger charge is 2.15. The van der Waals surface area contributed by atoms with Crippen molar-refractivity contribution in [2.24, 2.45) is 0 Å². The van der Waals surface area contributed by atoms with Gasteiger partial charge in [0.05, 0.1) is 16.8 Å². The largest absolute Gasteiger partial charge is 0.459 e. The normalized spacial score (nSPS) is 10.5. The SMILES string of the molecule is O=C(Nc1ccc(CNC(=O)c2cc(F)c(F)cc2Cl)cc1)c1ccco1. The predicted octanol–water partition coefficient (Wildman–Crippen LogP) is 4.39. The van der Waals surface area contributed by atoms with E-state index in [9.17, 15) is 18.4 Å². The Morgan fingerprint density at radius 2 is 1.70 bits per heavy atom. The topological polar surface area (TPSA) is 71.3 Å². The first-order valence-electron chi connectivity index (χ1n) is 7.80. The number of halogens is 3. The van der Waals surface area contributed by atoms with Gasteiger partial charge in [0.1, 0.15) is 0 Å². The van der Waals surface area contributed by atoms with Crippen molar-refractivity contribution in [3.63, 3.8) is 0 Å². The highest BCUT2D eigenvalue weighted by atomic mass is 35.5. The summed E-state index contributed by atoms with van der Waals surface area (Å²) in [7, 11) is 0. The third kappa shape index (κ3) is 4.51. The van der Waals surface area contributed by atoms with E-state index in [-0.39, 0.29) is 28.8 Å². The minimum atomic E-state index is -1.15. The first-order chi connectivity index (χ1) is 12.9. The van der Waals surface area contributed by atoms with Crippen LogP contribution in [0.15, 0.2) is 59.2 Å². The molecule has 0 saturated carbocycles. The molecule has 0 aliphatic heterocycles. The molecule has 0 atom stereocenters. The van der Waals surface area contributed by atoms with Crippen LogP contribution in [0.2, 0.25) is 5.02 Å². The molecular weight excluding hydrogens is 378 g/mol. The van der Waals surface area contributed by atoms with Crippen molar-refractivity contribution >= 4 is 29.1 Å². The van der Waals surface area contributed by atoms with E-state index in [1.165, 1.54) is 6.26 Å². The Hall–Kier alpha value is -3.19. The number of furan rings is 1. The van der Waals surface area contributed by atoms with Gasteiger partial charge in [0, 0.05) is 12.2 Å². The predicted molar refractivity (Wildman–Crippen MR) is 95.6 cm³/mol. The van der Waals surface area contributed by atoms with Gasteiger partial charge in [0.25, 0.3) is 11.8 Å². The molecule has 138 valence electrons. The van der Waals surface area contributed by atoms with E-state index in [0.717, 1.165) is 17.7 Å². The molecule has 0 radical (unpaired) electrons. The Morgan fingerprint density at radius 1 is 1.00 bits per heavy atom. The quantitative estimate of drug-likeness (QED) is 0.634. The first-order valence-corrected chi connectivity index (χ1v) is 8.18. The molecule has 0 bridgehead atoms. The molecule has 0 aliphatic carbocycles. The Bertz CT molecular complexity index is 973. The fourth-order valence-corrected chi connectivity index (χ4v) is 2.52. The van der Waals surface area contributed by atoms with Crippen LogP contribution in [0.25, 0.3) is 0 Å². The number of rotatable bonds is 5. The lowest BCUT2D eigenvalue weighted by Crippen LogP contribution is -2.23. The molecule has 8 heteroatoms. The smallest absolute Gasteiger partial charge is 0.291 e. The van der Waals surface area contributed by atoms with Gasteiger partial charge in [-0.1, -0.05) is 23.7 Å². The maximum absolute atomic E-state index is 13.3. The van der Waals surface area contributed by atoms with Gasteiger partial charge in [0.15, 0.2) is 17.4 Å². The molecule has 5 nitrogen and oxygen atoms in total. The summed E-state index contributed by atoms with van der Waals surface area (Å²) in [5.41, 5.74) is 1.13. The molecule has 2 N–H and O–H groups in total. The van der Waals surface area contributed by atoms with Gasteiger partial charge in [-0.2, -0.15) is 0 Å². The zero-order valence-electron chi connectivity index (χ0n) is 13.8. The van der Waals surface area contributed by atoms with Gasteiger partial charge in [-0.25, -0.2) is 8.78 Å². The number of anilines is 1. The monoisotopic (exact) mass is 390 g/mol. The van der Waals surface area contributed by atoms with Crippen molar-refractivity contribution in [3.05, 3.63) is 88.3 Å². The highest BCUT2D eigenvalue weighted by Crippen LogP contribution is 2.20. The molecule has 1 heterocycles. The Balaban J connectivity index is 1.59.